The van der Waals surface area contributed by atoms with Crippen LogP contribution in [0.25, 0.3) is 0 Å². The number of rotatable bonds is 9. The van der Waals surface area contributed by atoms with Gasteiger partial charge in [-0.3, -0.25) is 4.79 Å². The number of hydrogen-bond donors (Lipinski definition) is 3. The van der Waals surface area contributed by atoms with Crippen LogP contribution in [0.15, 0.2) is 0 Å². The van der Waals surface area contributed by atoms with E-state index >= 15 is 0 Å². The predicted molar refractivity (Wildman–Crippen MR) is 63.0 cm³/mol. The topological polar surface area (TPSA) is 90.9 Å². The number of methoxy groups -OCH3 is 1. The average Bonchev–Trinajstić information content (AvgIpc) is 2.25. The van der Waals surface area contributed by atoms with E-state index in [4.69, 9.17) is 9.84 Å². The number of urea groups is 1. The van der Waals surface area contributed by atoms with Gasteiger partial charge in [0.05, 0.1) is 13.0 Å². The molecule has 0 aliphatic carbocycles. The molecule has 0 saturated heterocycles. The molecule has 0 aliphatic heterocycles. The zero-order valence-electron chi connectivity index (χ0n) is 10.4. The number of carboxylic acid groups (broad SMARTS) is 1. The van der Waals surface area contributed by atoms with Gasteiger partial charge in [-0.05, 0) is 7.05 Å². The first-order valence-electron chi connectivity index (χ1n) is 5.47. The van der Waals surface area contributed by atoms with Crippen molar-refractivity contribution in [2.75, 3.05) is 46.9 Å². The molecule has 0 radical (unpaired) electrons. The highest BCUT2D eigenvalue weighted by molar-refractivity contribution is 5.74. The van der Waals surface area contributed by atoms with Crippen molar-refractivity contribution in [1.29, 1.82) is 0 Å². The molecule has 0 unspecified atom stereocenters. The summed E-state index contributed by atoms with van der Waals surface area (Å²) in [6.45, 7) is 2.83. The van der Waals surface area contributed by atoms with E-state index in [0.29, 0.717) is 13.2 Å². The number of likely N-dealkylation sites (N-methyl/N-ethyl adjacent to an activating group) is 1. The lowest BCUT2D eigenvalue weighted by Crippen LogP contribution is -2.40. The summed E-state index contributed by atoms with van der Waals surface area (Å²) in [5, 5.41) is 13.5. The first kappa shape index (κ1) is 15.7. The van der Waals surface area contributed by atoms with Crippen LogP contribution in [0.4, 0.5) is 4.79 Å². The Morgan fingerprint density at radius 2 is 1.88 bits per heavy atom. The summed E-state index contributed by atoms with van der Waals surface area (Å²) >= 11 is 0. The van der Waals surface area contributed by atoms with E-state index in [1.54, 1.807) is 7.11 Å². The molecule has 0 atom stereocenters. The van der Waals surface area contributed by atoms with E-state index in [1.807, 2.05) is 11.9 Å². The SMILES string of the molecule is COCCN(C)CCNC(=O)NCCC(=O)O. The second-order valence-electron chi connectivity index (χ2n) is 3.62. The van der Waals surface area contributed by atoms with Gasteiger partial charge in [-0.15, -0.1) is 0 Å². The summed E-state index contributed by atoms with van der Waals surface area (Å²) < 4.78 is 4.92. The molecule has 0 aromatic heterocycles. The van der Waals surface area contributed by atoms with Gasteiger partial charge in [0.15, 0.2) is 0 Å². The lowest BCUT2D eigenvalue weighted by Gasteiger charge is -2.16. The molecule has 0 rings (SSSR count). The highest BCUT2D eigenvalue weighted by Gasteiger charge is 2.02. The molecule has 0 bridgehead atoms. The Kier molecular flexibility index (Phi) is 9.08. The number of carbonyl (C=O) groups excluding carboxylic acids is 1. The van der Waals surface area contributed by atoms with Gasteiger partial charge in [-0.25, -0.2) is 4.79 Å². The van der Waals surface area contributed by atoms with Crippen LogP contribution in [0.5, 0.6) is 0 Å². The molecule has 7 nitrogen and oxygen atoms in total. The summed E-state index contributed by atoms with van der Waals surface area (Å²) in [6, 6.07) is -0.341. The van der Waals surface area contributed by atoms with Crippen molar-refractivity contribution in [2.24, 2.45) is 0 Å². The number of hydrogen-bond acceptors (Lipinski definition) is 4. The molecular weight excluding hydrogens is 226 g/mol. The third-order valence-corrected chi connectivity index (χ3v) is 2.08. The first-order valence-corrected chi connectivity index (χ1v) is 5.47. The van der Waals surface area contributed by atoms with E-state index in [1.165, 1.54) is 0 Å². The number of amides is 2. The van der Waals surface area contributed by atoms with Crippen molar-refractivity contribution in [3.8, 4) is 0 Å². The fraction of sp³-hybridized carbons (Fsp3) is 0.800. The lowest BCUT2D eigenvalue weighted by atomic mass is 10.4. The summed E-state index contributed by atoms with van der Waals surface area (Å²) in [7, 11) is 3.57. The van der Waals surface area contributed by atoms with Gasteiger partial charge in [0.25, 0.3) is 0 Å². The Labute approximate surface area is 101 Å². The van der Waals surface area contributed by atoms with Crippen LogP contribution in [-0.2, 0) is 9.53 Å². The molecule has 17 heavy (non-hydrogen) atoms. The van der Waals surface area contributed by atoms with E-state index in [-0.39, 0.29) is 19.0 Å². The monoisotopic (exact) mass is 247 g/mol. The summed E-state index contributed by atoms with van der Waals surface area (Å²) in [5.74, 6) is -0.926. The van der Waals surface area contributed by atoms with Crippen LogP contribution >= 0.6 is 0 Å². The van der Waals surface area contributed by atoms with E-state index in [9.17, 15) is 9.59 Å². The number of ether oxygens (including phenoxy) is 1. The van der Waals surface area contributed by atoms with Gasteiger partial charge in [0.1, 0.15) is 0 Å². The summed E-state index contributed by atoms with van der Waals surface area (Å²) in [4.78, 5) is 23.4. The molecule has 100 valence electrons. The molecule has 0 saturated carbocycles. The quantitative estimate of drug-likeness (QED) is 0.503. The van der Waals surface area contributed by atoms with Crippen molar-refractivity contribution < 1.29 is 19.4 Å². The minimum Gasteiger partial charge on any atom is -0.481 e. The molecule has 0 aromatic rings. The smallest absolute Gasteiger partial charge is 0.314 e. The number of carbonyl (C=O) groups is 2. The maximum atomic E-state index is 11.2. The molecule has 0 spiro atoms. The zero-order valence-corrected chi connectivity index (χ0v) is 10.4. The van der Waals surface area contributed by atoms with Crippen LogP contribution in [-0.4, -0.2) is 69.0 Å². The Morgan fingerprint density at radius 3 is 2.47 bits per heavy atom. The Balaban J connectivity index is 3.41. The molecular formula is C10H21N3O4. The minimum absolute atomic E-state index is 0.0683. The largest absolute Gasteiger partial charge is 0.481 e. The third kappa shape index (κ3) is 10.9. The number of aliphatic carboxylic acids is 1. The van der Waals surface area contributed by atoms with Gasteiger partial charge in [-0.2, -0.15) is 0 Å². The molecule has 0 aromatic carbocycles. The van der Waals surface area contributed by atoms with Crippen LogP contribution in [0.2, 0.25) is 0 Å². The van der Waals surface area contributed by atoms with Crippen molar-refractivity contribution in [1.82, 2.24) is 15.5 Å². The Bertz CT molecular complexity index is 236. The number of carboxylic acids is 1. The van der Waals surface area contributed by atoms with Crippen molar-refractivity contribution >= 4 is 12.0 Å². The fourth-order valence-corrected chi connectivity index (χ4v) is 1.06. The molecule has 0 fully saturated rings. The van der Waals surface area contributed by atoms with Gasteiger partial charge < -0.3 is 25.4 Å². The maximum Gasteiger partial charge on any atom is 0.314 e. The van der Waals surface area contributed by atoms with Gasteiger partial charge in [0, 0.05) is 33.3 Å². The number of nitrogens with one attached hydrogen (secondary N) is 2. The van der Waals surface area contributed by atoms with E-state index in [0.717, 1.165) is 13.1 Å². The van der Waals surface area contributed by atoms with Crippen LogP contribution in [0.1, 0.15) is 6.42 Å². The third-order valence-electron chi connectivity index (χ3n) is 2.08. The minimum atomic E-state index is -0.926. The Hall–Kier alpha value is -1.34. The first-order chi connectivity index (χ1) is 8.06. The molecule has 7 heteroatoms. The molecule has 3 N–H and O–H groups in total. The lowest BCUT2D eigenvalue weighted by molar-refractivity contribution is -0.136. The van der Waals surface area contributed by atoms with Gasteiger partial charge in [0.2, 0.25) is 0 Å². The van der Waals surface area contributed by atoms with Crippen molar-refractivity contribution in [2.45, 2.75) is 6.42 Å². The van der Waals surface area contributed by atoms with E-state index in [2.05, 4.69) is 10.6 Å². The summed E-state index contributed by atoms with van der Waals surface area (Å²) in [5.41, 5.74) is 0. The second-order valence-corrected chi connectivity index (χ2v) is 3.62. The van der Waals surface area contributed by atoms with Crippen molar-refractivity contribution in [3.63, 3.8) is 0 Å². The van der Waals surface area contributed by atoms with Crippen LogP contribution in [0, 0.1) is 0 Å². The van der Waals surface area contributed by atoms with Gasteiger partial charge >= 0.3 is 12.0 Å². The predicted octanol–water partition coefficient (Wildman–Crippen LogP) is -0.661. The zero-order chi connectivity index (χ0) is 13.1. The Morgan fingerprint density at radius 1 is 1.24 bits per heavy atom. The molecule has 2 amide bonds. The van der Waals surface area contributed by atoms with Gasteiger partial charge in [-0.1, -0.05) is 0 Å². The standard InChI is InChI=1S/C10H21N3O4/c1-13(7-8-17-2)6-5-12-10(16)11-4-3-9(14)15/h3-8H2,1-2H3,(H,14,15)(H2,11,12,16). The normalized spacial score (nSPS) is 10.3. The molecule has 0 aliphatic rings. The number of nitrogens with zero attached hydrogens (tertiary/aromatic N) is 1. The van der Waals surface area contributed by atoms with Crippen molar-refractivity contribution in [3.05, 3.63) is 0 Å². The van der Waals surface area contributed by atoms with Crippen LogP contribution < -0.4 is 10.6 Å². The second kappa shape index (κ2) is 9.86. The van der Waals surface area contributed by atoms with Crippen LogP contribution in [0.3, 0.4) is 0 Å². The highest BCUT2D eigenvalue weighted by Crippen LogP contribution is 1.81. The highest BCUT2D eigenvalue weighted by atomic mass is 16.5. The van der Waals surface area contributed by atoms with E-state index < -0.39 is 5.97 Å². The summed E-state index contributed by atoms with van der Waals surface area (Å²) in [6.07, 6.45) is -0.0683. The molecule has 0 heterocycles. The average molecular weight is 247 g/mol. The fourth-order valence-electron chi connectivity index (χ4n) is 1.06. The maximum absolute atomic E-state index is 11.2.